The molecule has 0 amide bonds. The first-order valence-electron chi connectivity index (χ1n) is 4.87. The maximum absolute atomic E-state index is 11.8. The van der Waals surface area contributed by atoms with Crippen LogP contribution in [0.5, 0.6) is 0 Å². The third-order valence-corrected chi connectivity index (χ3v) is 1.67. The van der Waals surface area contributed by atoms with Gasteiger partial charge in [-0.2, -0.15) is 13.2 Å². The van der Waals surface area contributed by atoms with Crippen LogP contribution in [0.25, 0.3) is 0 Å². The van der Waals surface area contributed by atoms with E-state index in [1.165, 1.54) is 0 Å². The number of ether oxygens (including phenoxy) is 1. The molecule has 90 valence electrons. The summed E-state index contributed by atoms with van der Waals surface area (Å²) in [4.78, 5) is 0. The molecule has 0 heterocycles. The first kappa shape index (κ1) is 14.5. The largest absolute Gasteiger partial charge is 0.411 e. The molecular formula is C10H18F3NO. The molecule has 2 nitrogen and oxygen atoms in total. The summed E-state index contributed by atoms with van der Waals surface area (Å²) in [6, 6.07) is -0.0881. The van der Waals surface area contributed by atoms with Gasteiger partial charge < -0.3 is 10.1 Å². The quantitative estimate of drug-likeness (QED) is 0.672. The SMILES string of the molecule is C=C(C)CC(COCC(F)(F)F)NCC. The molecule has 0 saturated carbocycles. The summed E-state index contributed by atoms with van der Waals surface area (Å²) in [5.41, 5.74) is 0.927. The van der Waals surface area contributed by atoms with Gasteiger partial charge >= 0.3 is 6.18 Å². The first-order valence-corrected chi connectivity index (χ1v) is 4.87. The molecule has 0 aromatic carbocycles. The van der Waals surface area contributed by atoms with E-state index in [0.717, 1.165) is 5.57 Å². The Morgan fingerprint density at radius 1 is 1.47 bits per heavy atom. The van der Waals surface area contributed by atoms with Gasteiger partial charge in [0.05, 0.1) is 6.61 Å². The topological polar surface area (TPSA) is 21.3 Å². The van der Waals surface area contributed by atoms with Gasteiger partial charge in [-0.3, -0.25) is 0 Å². The summed E-state index contributed by atoms with van der Waals surface area (Å²) < 4.78 is 40.0. The number of hydrogen-bond acceptors (Lipinski definition) is 2. The Morgan fingerprint density at radius 3 is 2.47 bits per heavy atom. The Balaban J connectivity index is 3.80. The molecule has 0 aromatic rings. The third kappa shape index (κ3) is 9.75. The fraction of sp³-hybridized carbons (Fsp3) is 0.800. The molecule has 0 aliphatic carbocycles. The Bertz CT molecular complexity index is 192. The van der Waals surface area contributed by atoms with Crippen molar-refractivity contribution in [3.63, 3.8) is 0 Å². The number of rotatable bonds is 7. The van der Waals surface area contributed by atoms with Crippen LogP contribution in [0.3, 0.4) is 0 Å². The molecule has 0 spiro atoms. The van der Waals surface area contributed by atoms with E-state index in [9.17, 15) is 13.2 Å². The maximum Gasteiger partial charge on any atom is 0.411 e. The lowest BCUT2D eigenvalue weighted by Gasteiger charge is -2.18. The highest BCUT2D eigenvalue weighted by atomic mass is 19.4. The van der Waals surface area contributed by atoms with Gasteiger partial charge in [-0.1, -0.05) is 12.5 Å². The Hall–Kier alpha value is -0.550. The molecule has 0 aliphatic heterocycles. The number of hydrogen-bond donors (Lipinski definition) is 1. The molecule has 0 rings (SSSR count). The van der Waals surface area contributed by atoms with Crippen molar-refractivity contribution < 1.29 is 17.9 Å². The van der Waals surface area contributed by atoms with E-state index in [-0.39, 0.29) is 12.6 Å². The minimum absolute atomic E-state index is 0.0558. The minimum atomic E-state index is -4.25. The second-order valence-corrected chi connectivity index (χ2v) is 3.55. The van der Waals surface area contributed by atoms with Crippen molar-refractivity contribution in [3.8, 4) is 0 Å². The first-order chi connectivity index (χ1) is 6.85. The lowest BCUT2D eigenvalue weighted by Crippen LogP contribution is -2.34. The van der Waals surface area contributed by atoms with Gasteiger partial charge in [-0.25, -0.2) is 0 Å². The van der Waals surface area contributed by atoms with Crippen LogP contribution in [0.15, 0.2) is 12.2 Å². The van der Waals surface area contributed by atoms with Gasteiger partial charge in [0.15, 0.2) is 0 Å². The van der Waals surface area contributed by atoms with Crippen molar-refractivity contribution >= 4 is 0 Å². The fourth-order valence-corrected chi connectivity index (χ4v) is 1.22. The summed E-state index contributed by atoms with van der Waals surface area (Å²) in [5, 5.41) is 3.05. The van der Waals surface area contributed by atoms with Crippen molar-refractivity contribution in [1.29, 1.82) is 0 Å². The number of nitrogens with one attached hydrogen (secondary N) is 1. The predicted molar refractivity (Wildman–Crippen MR) is 53.8 cm³/mol. The van der Waals surface area contributed by atoms with Gasteiger partial charge in [-0.05, 0) is 19.9 Å². The molecule has 0 aromatic heterocycles. The maximum atomic E-state index is 11.8. The van der Waals surface area contributed by atoms with Gasteiger partial charge in [-0.15, -0.1) is 6.58 Å². The molecular weight excluding hydrogens is 207 g/mol. The van der Waals surface area contributed by atoms with Gasteiger partial charge in [0, 0.05) is 6.04 Å². The van der Waals surface area contributed by atoms with E-state index < -0.39 is 12.8 Å². The molecule has 0 bridgehead atoms. The smallest absolute Gasteiger partial charge is 0.370 e. The molecule has 1 unspecified atom stereocenters. The third-order valence-electron chi connectivity index (χ3n) is 1.67. The van der Waals surface area contributed by atoms with E-state index in [0.29, 0.717) is 13.0 Å². The lowest BCUT2D eigenvalue weighted by atomic mass is 10.1. The zero-order valence-corrected chi connectivity index (χ0v) is 9.16. The van der Waals surface area contributed by atoms with E-state index in [2.05, 4.69) is 16.6 Å². The summed E-state index contributed by atoms with van der Waals surface area (Å²) in [6.07, 6.45) is -3.62. The Kier molecular flexibility index (Phi) is 6.60. The van der Waals surface area contributed by atoms with E-state index >= 15 is 0 Å². The van der Waals surface area contributed by atoms with E-state index in [1.807, 2.05) is 13.8 Å². The van der Waals surface area contributed by atoms with Crippen LogP contribution in [-0.2, 0) is 4.74 Å². The summed E-state index contributed by atoms with van der Waals surface area (Å²) in [7, 11) is 0. The summed E-state index contributed by atoms with van der Waals surface area (Å²) >= 11 is 0. The van der Waals surface area contributed by atoms with Crippen LogP contribution < -0.4 is 5.32 Å². The van der Waals surface area contributed by atoms with Gasteiger partial charge in [0.1, 0.15) is 6.61 Å². The van der Waals surface area contributed by atoms with Crippen molar-refractivity contribution in [1.82, 2.24) is 5.32 Å². The number of alkyl halides is 3. The number of halogens is 3. The molecule has 0 aliphatic rings. The predicted octanol–water partition coefficient (Wildman–Crippen LogP) is 2.51. The molecule has 0 saturated heterocycles. The normalized spacial score (nSPS) is 13.9. The van der Waals surface area contributed by atoms with Crippen LogP contribution in [-0.4, -0.2) is 32.0 Å². The highest BCUT2D eigenvalue weighted by molar-refractivity contribution is 4.92. The average Bonchev–Trinajstić information content (AvgIpc) is 2.00. The molecule has 1 atom stereocenters. The second-order valence-electron chi connectivity index (χ2n) is 3.55. The zero-order valence-electron chi connectivity index (χ0n) is 9.16. The summed E-state index contributed by atoms with van der Waals surface area (Å²) in [5.74, 6) is 0. The molecule has 1 N–H and O–H groups in total. The van der Waals surface area contributed by atoms with Crippen LogP contribution in [0.1, 0.15) is 20.3 Å². The average molecular weight is 225 g/mol. The molecule has 5 heteroatoms. The van der Waals surface area contributed by atoms with Crippen LogP contribution in [0.2, 0.25) is 0 Å². The van der Waals surface area contributed by atoms with E-state index in [4.69, 9.17) is 0 Å². The van der Waals surface area contributed by atoms with Crippen molar-refractivity contribution in [2.45, 2.75) is 32.5 Å². The van der Waals surface area contributed by atoms with Crippen molar-refractivity contribution in [2.75, 3.05) is 19.8 Å². The minimum Gasteiger partial charge on any atom is -0.370 e. The molecule has 0 radical (unpaired) electrons. The number of likely N-dealkylation sites (N-methyl/N-ethyl adjacent to an activating group) is 1. The molecule has 15 heavy (non-hydrogen) atoms. The standard InChI is InChI=1S/C10H18F3NO/c1-4-14-9(5-8(2)3)6-15-7-10(11,12)13/h9,14H,2,4-7H2,1,3H3. The monoisotopic (exact) mass is 225 g/mol. The van der Waals surface area contributed by atoms with E-state index in [1.54, 1.807) is 0 Å². The second kappa shape index (κ2) is 6.85. The highest BCUT2D eigenvalue weighted by Crippen LogP contribution is 2.14. The zero-order chi connectivity index (χ0) is 11.9. The molecule has 0 fully saturated rings. The Morgan fingerprint density at radius 2 is 2.07 bits per heavy atom. The summed E-state index contributed by atoms with van der Waals surface area (Å²) in [6.45, 7) is 7.02. The van der Waals surface area contributed by atoms with Crippen LogP contribution >= 0.6 is 0 Å². The van der Waals surface area contributed by atoms with Crippen molar-refractivity contribution in [3.05, 3.63) is 12.2 Å². The van der Waals surface area contributed by atoms with Crippen LogP contribution in [0, 0.1) is 0 Å². The van der Waals surface area contributed by atoms with Crippen molar-refractivity contribution in [2.24, 2.45) is 0 Å². The Labute approximate surface area is 88.5 Å². The van der Waals surface area contributed by atoms with Gasteiger partial charge in [0.2, 0.25) is 0 Å². The lowest BCUT2D eigenvalue weighted by molar-refractivity contribution is -0.175. The fourth-order valence-electron chi connectivity index (χ4n) is 1.22. The van der Waals surface area contributed by atoms with Crippen LogP contribution in [0.4, 0.5) is 13.2 Å². The highest BCUT2D eigenvalue weighted by Gasteiger charge is 2.27. The van der Waals surface area contributed by atoms with Gasteiger partial charge in [0.25, 0.3) is 0 Å².